The first-order valence-corrected chi connectivity index (χ1v) is 8.19. The molecule has 9 nitrogen and oxygen atoms in total. The number of nitrogens with one attached hydrogen (secondary N) is 1. The van der Waals surface area contributed by atoms with Crippen LogP contribution in [0, 0.1) is 0 Å². The van der Waals surface area contributed by atoms with E-state index in [1.54, 1.807) is 0 Å². The first-order chi connectivity index (χ1) is 13.9. The largest absolute Gasteiger partial charge is 0.369 e. The number of halogens is 5. The van der Waals surface area contributed by atoms with Crippen molar-refractivity contribution in [3.8, 4) is 0 Å². The lowest BCUT2D eigenvalue weighted by Gasteiger charge is -2.35. The van der Waals surface area contributed by atoms with Crippen LogP contribution in [0.1, 0.15) is 5.56 Å². The van der Waals surface area contributed by atoms with Crippen LogP contribution in [-0.4, -0.2) is 53.7 Å². The summed E-state index contributed by atoms with van der Waals surface area (Å²) in [5, 5.41) is 18.8. The van der Waals surface area contributed by atoms with Gasteiger partial charge < -0.3 is 15.9 Å². The Morgan fingerprint density at radius 3 is 2.40 bits per heavy atom. The Bertz CT molecular complexity index is 1180. The van der Waals surface area contributed by atoms with E-state index in [1.165, 1.54) is 18.2 Å². The highest BCUT2D eigenvalue weighted by molar-refractivity contribution is 5.71. The summed E-state index contributed by atoms with van der Waals surface area (Å²) in [7, 11) is 0. The van der Waals surface area contributed by atoms with Crippen molar-refractivity contribution in [1.29, 1.82) is 0 Å². The van der Waals surface area contributed by atoms with E-state index in [-0.39, 0.29) is 4.57 Å². The number of nitrogens with zero attached hydrogens (tertiary/aromatic N) is 3. The number of fused-ring (bicyclic) bond motifs is 1. The van der Waals surface area contributed by atoms with Crippen molar-refractivity contribution in [1.82, 2.24) is 19.5 Å². The molecule has 0 bridgehead atoms. The monoisotopic (exact) mass is 433 g/mol. The number of benzene rings is 1. The fourth-order valence-corrected chi connectivity index (χ4v) is 3.39. The quantitative estimate of drug-likeness (QED) is 0.446. The van der Waals surface area contributed by atoms with E-state index < -0.39 is 57.9 Å². The topological polar surface area (TPSA) is 139 Å². The van der Waals surface area contributed by atoms with Crippen molar-refractivity contribution in [3.63, 3.8) is 0 Å². The van der Waals surface area contributed by atoms with Crippen LogP contribution in [0.15, 0.2) is 41.5 Å². The third kappa shape index (κ3) is 2.17. The van der Waals surface area contributed by atoms with Crippen LogP contribution < -0.4 is 11.3 Å². The number of aromatic amines is 1. The lowest BCUT2D eigenvalue weighted by molar-refractivity contribution is -0.350. The predicted molar refractivity (Wildman–Crippen MR) is 89.1 cm³/mol. The van der Waals surface area contributed by atoms with Crippen molar-refractivity contribution < 1.29 is 36.9 Å². The van der Waals surface area contributed by atoms with E-state index in [0.29, 0.717) is 6.33 Å². The highest BCUT2D eigenvalue weighted by Crippen LogP contribution is 2.63. The molecule has 1 unspecified atom stereocenters. The number of nitrogen functional groups attached to an aromatic ring is 1. The van der Waals surface area contributed by atoms with Crippen LogP contribution in [0.25, 0.3) is 11.2 Å². The molecule has 0 radical (unpaired) electrons. The Labute approximate surface area is 162 Å². The first kappa shape index (κ1) is 20.2. The van der Waals surface area contributed by atoms with Gasteiger partial charge in [0.2, 0.25) is 11.7 Å². The molecule has 2 aromatic heterocycles. The van der Waals surface area contributed by atoms with Crippen LogP contribution in [0.5, 0.6) is 0 Å². The molecule has 0 saturated carbocycles. The second-order valence-corrected chi connectivity index (χ2v) is 6.53. The maximum atomic E-state index is 15.4. The van der Waals surface area contributed by atoms with Gasteiger partial charge in [-0.1, -0.05) is 30.3 Å². The number of hydrogen-bond donors (Lipinski definition) is 4. The molecule has 1 saturated heterocycles. The Kier molecular flexibility index (Phi) is 4.01. The molecule has 4 atom stereocenters. The molecule has 1 aliphatic heterocycles. The number of aromatic nitrogens is 4. The van der Waals surface area contributed by atoms with Gasteiger partial charge in [-0.15, -0.1) is 0 Å². The maximum Gasteiger partial charge on any atom is 0.363 e. The smallest absolute Gasteiger partial charge is 0.363 e. The molecule has 30 heavy (non-hydrogen) atoms. The second-order valence-electron chi connectivity index (χ2n) is 6.53. The van der Waals surface area contributed by atoms with Crippen molar-refractivity contribution in [2.24, 2.45) is 0 Å². The molecule has 14 heteroatoms. The van der Waals surface area contributed by atoms with E-state index in [2.05, 4.69) is 19.7 Å². The Morgan fingerprint density at radius 2 is 1.83 bits per heavy atom. The number of aliphatic hydroxyl groups is 2. The molecule has 1 fully saturated rings. The van der Waals surface area contributed by atoms with Gasteiger partial charge in [0.05, 0.1) is 0 Å². The van der Waals surface area contributed by atoms with Gasteiger partial charge in [0.15, 0.2) is 11.2 Å². The summed E-state index contributed by atoms with van der Waals surface area (Å²) in [6.45, 7) is 0. The number of H-pyrrole nitrogens is 1. The highest BCUT2D eigenvalue weighted by atomic mass is 19.3. The van der Waals surface area contributed by atoms with Gasteiger partial charge in [0.25, 0.3) is 11.9 Å². The van der Waals surface area contributed by atoms with Gasteiger partial charge >= 0.3 is 17.6 Å². The van der Waals surface area contributed by atoms with Gasteiger partial charge in [0, 0.05) is 5.56 Å². The molecule has 0 spiro atoms. The summed E-state index contributed by atoms with van der Waals surface area (Å²) < 4.78 is 78.9. The second kappa shape index (κ2) is 5.96. The van der Waals surface area contributed by atoms with E-state index in [9.17, 15) is 23.1 Å². The molecule has 0 aliphatic carbocycles. The third-order valence-electron chi connectivity index (χ3n) is 4.83. The Hall–Kier alpha value is -3.10. The van der Waals surface area contributed by atoms with Crippen LogP contribution in [0.4, 0.5) is 27.9 Å². The zero-order valence-electron chi connectivity index (χ0n) is 14.6. The predicted octanol–water partition coefficient (Wildman–Crippen LogP) is 0.680. The molecule has 0 amide bonds. The molecular weight excluding hydrogens is 421 g/mol. The van der Waals surface area contributed by atoms with Crippen LogP contribution in [0.2, 0.25) is 0 Å². The Balaban J connectivity index is 2.16. The van der Waals surface area contributed by atoms with Crippen LogP contribution in [0.3, 0.4) is 0 Å². The lowest BCUT2D eigenvalue weighted by Crippen LogP contribution is -2.60. The van der Waals surface area contributed by atoms with Crippen molar-refractivity contribution in [3.05, 3.63) is 52.6 Å². The highest BCUT2D eigenvalue weighted by Gasteiger charge is 2.89. The van der Waals surface area contributed by atoms with Gasteiger partial charge in [-0.2, -0.15) is 22.5 Å². The summed E-state index contributed by atoms with van der Waals surface area (Å²) in [6.07, 6.45) is -3.50. The number of hydrogen-bond acceptors (Lipinski definition) is 7. The summed E-state index contributed by atoms with van der Waals surface area (Å²) in [4.78, 5) is 21.3. The van der Waals surface area contributed by atoms with E-state index in [1.807, 2.05) is 0 Å². The number of ether oxygens (including phenoxy) is 1. The molecule has 5 N–H and O–H groups in total. The van der Waals surface area contributed by atoms with Gasteiger partial charge in [-0.3, -0.25) is 19.1 Å². The van der Waals surface area contributed by atoms with Crippen molar-refractivity contribution in [2.75, 3.05) is 5.73 Å². The summed E-state index contributed by atoms with van der Waals surface area (Å²) >= 11 is 0. The summed E-state index contributed by atoms with van der Waals surface area (Å²) in [6, 6.07) is 5.61. The number of imidazole rings is 1. The molecule has 1 aliphatic rings. The summed E-state index contributed by atoms with van der Waals surface area (Å²) in [5.41, 5.74) is -1.21. The molecule has 4 rings (SSSR count). The van der Waals surface area contributed by atoms with E-state index in [0.717, 1.165) is 12.1 Å². The number of nitrogens with two attached hydrogens (primary N) is 1. The fraction of sp³-hybridized carbons (Fsp3) is 0.312. The van der Waals surface area contributed by atoms with Crippen molar-refractivity contribution in [2.45, 2.75) is 29.7 Å². The lowest BCUT2D eigenvalue weighted by atomic mass is 9.91. The average molecular weight is 433 g/mol. The number of rotatable bonds is 3. The average Bonchev–Trinajstić information content (AvgIpc) is 3.14. The van der Waals surface area contributed by atoms with Gasteiger partial charge in [-0.25, -0.2) is 9.37 Å². The molecule has 3 aromatic rings. The number of anilines is 1. The Morgan fingerprint density at radius 1 is 1.20 bits per heavy atom. The molecule has 160 valence electrons. The van der Waals surface area contributed by atoms with E-state index in [4.69, 9.17) is 10.8 Å². The number of alkyl halides is 5. The fourth-order valence-electron chi connectivity index (χ4n) is 3.39. The molecular formula is C16H12F5N5O4. The van der Waals surface area contributed by atoms with Crippen molar-refractivity contribution >= 4 is 17.1 Å². The third-order valence-corrected chi connectivity index (χ3v) is 4.83. The normalized spacial score (nSPS) is 31.8. The standard InChI is InChI=1S/C16H12F5N5O4/c17-11(28)13(18)16(21,29)15(19,20)14(30-13,7-4-2-1-3-5-7)26-6-23-8-9(26)24-12(22)25-10(8)27/h1-6,11,28-29H,(H3,22,24,25,27)/t11?,13-,14-,16-/m1/s1. The van der Waals surface area contributed by atoms with Gasteiger partial charge in [-0.05, 0) is 0 Å². The summed E-state index contributed by atoms with van der Waals surface area (Å²) in [5.74, 6) is -16.2. The van der Waals surface area contributed by atoms with Crippen LogP contribution in [-0.2, 0) is 10.5 Å². The zero-order chi connectivity index (χ0) is 22.1. The first-order valence-electron chi connectivity index (χ1n) is 8.19. The minimum atomic E-state index is -5.37. The molecule has 1 aromatic carbocycles. The zero-order valence-corrected chi connectivity index (χ0v) is 14.6. The number of aliphatic hydroxyl groups excluding tert-OH is 1. The minimum Gasteiger partial charge on any atom is -0.369 e. The SMILES string of the molecule is Nc1nc2c(ncn2[C@]2(c3ccccc3)O[C@](F)(C(O)F)[C@](O)(F)C2(F)F)c(=O)[nH]1. The minimum absolute atomic E-state index is 0.234. The maximum absolute atomic E-state index is 15.4. The molecule has 3 heterocycles. The van der Waals surface area contributed by atoms with Crippen LogP contribution >= 0.6 is 0 Å². The van der Waals surface area contributed by atoms with Gasteiger partial charge in [0.1, 0.15) is 6.33 Å². The van der Waals surface area contributed by atoms with E-state index >= 15 is 8.78 Å².